The summed E-state index contributed by atoms with van der Waals surface area (Å²) in [6, 6.07) is 4.58. The lowest BCUT2D eigenvalue weighted by Crippen LogP contribution is -2.46. The third-order valence-corrected chi connectivity index (χ3v) is 3.89. The van der Waals surface area contributed by atoms with E-state index in [1.54, 1.807) is 11.0 Å². The van der Waals surface area contributed by atoms with E-state index < -0.39 is 5.97 Å². The Balaban J connectivity index is 1.77. The molecule has 7 heteroatoms. The summed E-state index contributed by atoms with van der Waals surface area (Å²) in [6.45, 7) is 4.33. The van der Waals surface area contributed by atoms with E-state index in [0.29, 0.717) is 31.2 Å². The van der Waals surface area contributed by atoms with Crippen molar-refractivity contribution in [3.05, 3.63) is 23.8 Å². The summed E-state index contributed by atoms with van der Waals surface area (Å²) in [6.07, 6.45) is 0. The van der Waals surface area contributed by atoms with Gasteiger partial charge in [-0.15, -0.1) is 0 Å². The first kappa shape index (κ1) is 14.8. The zero-order chi connectivity index (χ0) is 15.5. The molecule has 22 heavy (non-hydrogen) atoms. The van der Waals surface area contributed by atoms with Crippen molar-refractivity contribution < 1.29 is 24.2 Å². The summed E-state index contributed by atoms with van der Waals surface area (Å²) in [4.78, 5) is 27.1. The van der Waals surface area contributed by atoms with Crippen molar-refractivity contribution in [2.45, 2.75) is 0 Å². The maximum atomic E-state index is 12.1. The van der Waals surface area contributed by atoms with Crippen LogP contribution in [0.3, 0.4) is 0 Å². The molecule has 0 bridgehead atoms. The average molecular weight is 306 g/mol. The molecule has 2 heterocycles. The van der Waals surface area contributed by atoms with Crippen molar-refractivity contribution in [3.63, 3.8) is 0 Å². The van der Waals surface area contributed by atoms with Crippen LogP contribution in [0.25, 0.3) is 0 Å². The van der Waals surface area contributed by atoms with E-state index in [4.69, 9.17) is 14.6 Å². The lowest BCUT2D eigenvalue weighted by Gasteiger charge is -2.33. The summed E-state index contributed by atoms with van der Waals surface area (Å²) in [7, 11) is 0. The first-order valence-electron chi connectivity index (χ1n) is 7.26. The Labute approximate surface area is 128 Å². The molecule has 1 aromatic rings. The highest BCUT2D eigenvalue weighted by Gasteiger charge is 2.27. The lowest BCUT2D eigenvalue weighted by atomic mass is 10.1. The molecular formula is C15H18N2O5. The molecular weight excluding hydrogens is 288 g/mol. The van der Waals surface area contributed by atoms with Crippen LogP contribution in [0.4, 0.5) is 5.69 Å². The van der Waals surface area contributed by atoms with Crippen molar-refractivity contribution in [2.75, 3.05) is 50.9 Å². The number of anilines is 1. The number of nitrogens with zero attached hydrogens (tertiary/aromatic N) is 2. The van der Waals surface area contributed by atoms with Crippen LogP contribution in [0.5, 0.6) is 5.75 Å². The maximum Gasteiger partial charge on any atom is 0.335 e. The smallest absolute Gasteiger partial charge is 0.335 e. The van der Waals surface area contributed by atoms with Gasteiger partial charge in [0.2, 0.25) is 0 Å². The number of aromatic carboxylic acids is 1. The number of rotatable bonds is 4. The fraction of sp³-hybridized carbons (Fsp3) is 0.467. The highest BCUT2D eigenvalue weighted by atomic mass is 16.5. The minimum absolute atomic E-state index is 0.0114. The number of carbonyl (C=O) groups is 2. The van der Waals surface area contributed by atoms with Crippen LogP contribution in [0.2, 0.25) is 0 Å². The monoisotopic (exact) mass is 306 g/mol. The zero-order valence-corrected chi connectivity index (χ0v) is 12.2. The molecule has 118 valence electrons. The van der Waals surface area contributed by atoms with Crippen LogP contribution in [0.1, 0.15) is 10.4 Å². The zero-order valence-electron chi connectivity index (χ0n) is 12.2. The van der Waals surface area contributed by atoms with Gasteiger partial charge < -0.3 is 19.5 Å². The van der Waals surface area contributed by atoms with E-state index in [1.807, 2.05) is 0 Å². The molecule has 1 aromatic carbocycles. The van der Waals surface area contributed by atoms with Crippen LogP contribution in [0.15, 0.2) is 18.2 Å². The van der Waals surface area contributed by atoms with Gasteiger partial charge in [-0.25, -0.2) is 4.79 Å². The van der Waals surface area contributed by atoms with Gasteiger partial charge >= 0.3 is 5.97 Å². The standard InChI is InChI=1S/C15H18N2O5/c18-14-10-22-13-2-1-11(15(19)20)9-12(13)17(14)4-3-16-5-7-21-8-6-16/h1-2,9H,3-8,10H2,(H,19,20). The number of hydrogen-bond acceptors (Lipinski definition) is 5. The normalized spacial score (nSPS) is 18.7. The molecule has 7 nitrogen and oxygen atoms in total. The van der Waals surface area contributed by atoms with E-state index in [9.17, 15) is 9.59 Å². The summed E-state index contributed by atoms with van der Waals surface area (Å²) < 4.78 is 10.7. The van der Waals surface area contributed by atoms with Gasteiger partial charge in [-0.05, 0) is 18.2 Å². The number of morpholine rings is 1. The minimum Gasteiger partial charge on any atom is -0.482 e. The van der Waals surface area contributed by atoms with Gasteiger partial charge in [-0.2, -0.15) is 0 Å². The number of carbonyl (C=O) groups excluding carboxylic acids is 1. The maximum absolute atomic E-state index is 12.1. The predicted octanol–water partition coefficient (Wildman–Crippen LogP) is 0.442. The molecule has 0 aromatic heterocycles. The van der Waals surface area contributed by atoms with E-state index in [0.717, 1.165) is 19.6 Å². The molecule has 1 N–H and O–H groups in total. The molecule has 0 spiro atoms. The molecule has 0 aliphatic carbocycles. The molecule has 1 amide bonds. The van der Waals surface area contributed by atoms with Crippen LogP contribution in [0, 0.1) is 0 Å². The molecule has 0 unspecified atom stereocenters. The second kappa shape index (κ2) is 6.33. The van der Waals surface area contributed by atoms with Crippen molar-refractivity contribution in [2.24, 2.45) is 0 Å². The quantitative estimate of drug-likeness (QED) is 0.870. The number of carboxylic acid groups (broad SMARTS) is 1. The van der Waals surface area contributed by atoms with Crippen LogP contribution in [-0.4, -0.2) is 67.9 Å². The summed E-state index contributed by atoms with van der Waals surface area (Å²) in [5, 5.41) is 9.11. The van der Waals surface area contributed by atoms with Crippen LogP contribution >= 0.6 is 0 Å². The van der Waals surface area contributed by atoms with E-state index in [-0.39, 0.29) is 18.1 Å². The fourth-order valence-corrected chi connectivity index (χ4v) is 2.65. The Morgan fingerprint density at radius 2 is 2.00 bits per heavy atom. The van der Waals surface area contributed by atoms with Gasteiger partial charge in [0.15, 0.2) is 6.61 Å². The molecule has 2 aliphatic rings. The summed E-state index contributed by atoms with van der Waals surface area (Å²) in [5.74, 6) is -0.621. The Morgan fingerprint density at radius 1 is 1.23 bits per heavy atom. The minimum atomic E-state index is -1.02. The second-order valence-corrected chi connectivity index (χ2v) is 5.28. The van der Waals surface area contributed by atoms with Crippen molar-refractivity contribution >= 4 is 17.6 Å². The SMILES string of the molecule is O=C(O)c1ccc2c(c1)N(CCN1CCOCC1)C(=O)CO2. The van der Waals surface area contributed by atoms with Gasteiger partial charge in [-0.3, -0.25) is 9.69 Å². The third-order valence-electron chi connectivity index (χ3n) is 3.89. The van der Waals surface area contributed by atoms with E-state index in [2.05, 4.69) is 4.90 Å². The van der Waals surface area contributed by atoms with Crippen molar-refractivity contribution in [1.29, 1.82) is 0 Å². The Morgan fingerprint density at radius 3 is 2.73 bits per heavy atom. The molecule has 2 aliphatic heterocycles. The highest BCUT2D eigenvalue weighted by molar-refractivity contribution is 5.99. The van der Waals surface area contributed by atoms with Crippen molar-refractivity contribution in [1.82, 2.24) is 4.90 Å². The molecule has 3 rings (SSSR count). The number of carboxylic acids is 1. The molecule has 0 saturated carbocycles. The second-order valence-electron chi connectivity index (χ2n) is 5.28. The predicted molar refractivity (Wildman–Crippen MR) is 78.5 cm³/mol. The molecule has 0 atom stereocenters. The number of ether oxygens (including phenoxy) is 2. The fourth-order valence-electron chi connectivity index (χ4n) is 2.65. The number of fused-ring (bicyclic) bond motifs is 1. The van der Waals surface area contributed by atoms with Gasteiger partial charge in [0.1, 0.15) is 5.75 Å². The van der Waals surface area contributed by atoms with Crippen LogP contribution < -0.4 is 9.64 Å². The average Bonchev–Trinajstić information content (AvgIpc) is 2.54. The molecule has 0 radical (unpaired) electrons. The third kappa shape index (κ3) is 3.05. The summed E-state index contributed by atoms with van der Waals surface area (Å²) in [5.41, 5.74) is 0.679. The summed E-state index contributed by atoms with van der Waals surface area (Å²) >= 11 is 0. The largest absolute Gasteiger partial charge is 0.482 e. The van der Waals surface area contributed by atoms with Gasteiger partial charge in [0, 0.05) is 26.2 Å². The Bertz CT molecular complexity index is 583. The van der Waals surface area contributed by atoms with Gasteiger partial charge in [0.25, 0.3) is 5.91 Å². The van der Waals surface area contributed by atoms with Gasteiger partial charge in [0.05, 0.1) is 24.5 Å². The molecule has 1 saturated heterocycles. The Kier molecular flexibility index (Phi) is 4.26. The Hall–Kier alpha value is -2.12. The molecule has 1 fully saturated rings. The highest BCUT2D eigenvalue weighted by Crippen LogP contribution is 2.32. The number of hydrogen-bond donors (Lipinski definition) is 1. The first-order valence-corrected chi connectivity index (χ1v) is 7.26. The topological polar surface area (TPSA) is 79.3 Å². The van der Waals surface area contributed by atoms with E-state index >= 15 is 0 Å². The van der Waals surface area contributed by atoms with Crippen LogP contribution in [-0.2, 0) is 9.53 Å². The number of amides is 1. The van der Waals surface area contributed by atoms with Gasteiger partial charge in [-0.1, -0.05) is 0 Å². The van der Waals surface area contributed by atoms with Crippen molar-refractivity contribution in [3.8, 4) is 5.75 Å². The first-order chi connectivity index (χ1) is 10.6. The van der Waals surface area contributed by atoms with E-state index in [1.165, 1.54) is 12.1 Å². The number of benzene rings is 1. The lowest BCUT2D eigenvalue weighted by molar-refractivity contribution is -0.121.